The Morgan fingerprint density at radius 2 is 2.64 bits per heavy atom. The molecule has 1 N–H and O–H groups in total. The van der Waals surface area contributed by atoms with Crippen LogP contribution in [0.15, 0.2) is 10.7 Å². The van der Waals surface area contributed by atoms with Gasteiger partial charge in [-0.3, -0.25) is 0 Å². The van der Waals surface area contributed by atoms with Crippen LogP contribution in [0.5, 0.6) is 0 Å². The molecule has 2 rings (SSSR count). The first-order valence-corrected chi connectivity index (χ1v) is 4.55. The summed E-state index contributed by atoms with van der Waals surface area (Å²) in [5.74, 6) is 1.12. The smallest absolute Gasteiger partial charge is 0.130 e. The van der Waals surface area contributed by atoms with Crippen molar-refractivity contribution in [2.24, 2.45) is 0 Å². The molecule has 0 radical (unpaired) electrons. The van der Waals surface area contributed by atoms with Gasteiger partial charge in [0.1, 0.15) is 10.4 Å². The van der Waals surface area contributed by atoms with E-state index in [2.05, 4.69) is 33.3 Å². The van der Waals surface area contributed by atoms with Crippen LogP contribution in [0.4, 0.5) is 5.82 Å². The summed E-state index contributed by atoms with van der Waals surface area (Å²) < 4.78 is 2.90. The number of halogens is 1. The number of nitrogens with one attached hydrogen (secondary N) is 1. The molecule has 0 aliphatic carbocycles. The molecule has 11 heavy (non-hydrogen) atoms. The highest BCUT2D eigenvalue weighted by atomic mass is 79.9. The van der Waals surface area contributed by atoms with Crippen LogP contribution in [-0.2, 0) is 6.54 Å². The molecule has 0 saturated heterocycles. The molecule has 0 saturated carbocycles. The monoisotopic (exact) mass is 215 g/mol. The van der Waals surface area contributed by atoms with E-state index in [1.165, 1.54) is 0 Å². The minimum atomic E-state index is 0.575. The number of nitrogens with zero attached hydrogens (tertiary/aromatic N) is 2. The number of rotatable bonds is 0. The molecule has 1 atom stereocenters. The molecule has 0 bridgehead atoms. The Labute approximate surface area is 73.9 Å². The van der Waals surface area contributed by atoms with Crippen molar-refractivity contribution in [2.75, 3.05) is 5.32 Å². The van der Waals surface area contributed by atoms with Crippen molar-refractivity contribution >= 4 is 21.7 Å². The van der Waals surface area contributed by atoms with Gasteiger partial charge in [0.05, 0.1) is 0 Å². The van der Waals surface area contributed by atoms with Crippen molar-refractivity contribution < 1.29 is 0 Å². The number of aromatic nitrogens is 2. The molecule has 2 heterocycles. The second kappa shape index (κ2) is 2.52. The van der Waals surface area contributed by atoms with Gasteiger partial charge < -0.3 is 5.32 Å². The number of fused-ring (bicyclic) bond motifs is 1. The van der Waals surface area contributed by atoms with E-state index in [1.807, 2.05) is 10.7 Å². The van der Waals surface area contributed by atoms with Gasteiger partial charge in [0.2, 0.25) is 0 Å². The van der Waals surface area contributed by atoms with Crippen LogP contribution < -0.4 is 5.32 Å². The van der Waals surface area contributed by atoms with Crippen LogP contribution in [0.25, 0.3) is 0 Å². The largest absolute Gasteiger partial charge is 0.368 e. The van der Waals surface area contributed by atoms with Gasteiger partial charge >= 0.3 is 0 Å². The number of hydrogen-bond donors (Lipinski definition) is 1. The standard InChI is InChI=1S/C7H10BrN3/c1-5-2-3-11-7(9-5)4-6(8)10-11/h4-5,9H,2-3H2,1H3. The highest BCUT2D eigenvalue weighted by molar-refractivity contribution is 9.10. The molecule has 1 aliphatic heterocycles. The first-order valence-electron chi connectivity index (χ1n) is 3.75. The lowest BCUT2D eigenvalue weighted by atomic mass is 10.2. The third-order valence-corrected chi connectivity index (χ3v) is 2.31. The van der Waals surface area contributed by atoms with Crippen LogP contribution in [0.1, 0.15) is 13.3 Å². The molecule has 0 spiro atoms. The van der Waals surface area contributed by atoms with Gasteiger partial charge in [-0.25, -0.2) is 4.68 Å². The van der Waals surface area contributed by atoms with Crippen molar-refractivity contribution in [3.63, 3.8) is 0 Å². The lowest BCUT2D eigenvalue weighted by Crippen LogP contribution is -2.25. The maximum Gasteiger partial charge on any atom is 0.130 e. The van der Waals surface area contributed by atoms with Gasteiger partial charge in [-0.1, -0.05) is 0 Å². The van der Waals surface area contributed by atoms with Crippen molar-refractivity contribution in [2.45, 2.75) is 25.9 Å². The minimum absolute atomic E-state index is 0.575. The van der Waals surface area contributed by atoms with Crippen LogP contribution in [0.3, 0.4) is 0 Å². The quantitative estimate of drug-likeness (QED) is 0.717. The fourth-order valence-electron chi connectivity index (χ4n) is 1.31. The van der Waals surface area contributed by atoms with Crippen molar-refractivity contribution in [1.29, 1.82) is 0 Å². The van der Waals surface area contributed by atoms with E-state index in [4.69, 9.17) is 0 Å². The molecule has 3 nitrogen and oxygen atoms in total. The molecule has 0 aromatic carbocycles. The van der Waals surface area contributed by atoms with E-state index < -0.39 is 0 Å². The lowest BCUT2D eigenvalue weighted by molar-refractivity contribution is 0.510. The van der Waals surface area contributed by atoms with E-state index in [0.717, 1.165) is 23.4 Å². The fraction of sp³-hybridized carbons (Fsp3) is 0.571. The summed E-state index contributed by atoms with van der Waals surface area (Å²) >= 11 is 3.34. The number of hydrogen-bond acceptors (Lipinski definition) is 2. The summed E-state index contributed by atoms with van der Waals surface area (Å²) in [5.41, 5.74) is 0. The molecular weight excluding hydrogens is 206 g/mol. The Hall–Kier alpha value is -0.510. The Kier molecular flexibility index (Phi) is 1.64. The third-order valence-electron chi connectivity index (χ3n) is 1.92. The van der Waals surface area contributed by atoms with E-state index in [1.54, 1.807) is 0 Å². The van der Waals surface area contributed by atoms with Gasteiger partial charge in [0.15, 0.2) is 0 Å². The molecule has 60 valence electrons. The molecule has 1 aromatic rings. The van der Waals surface area contributed by atoms with E-state index >= 15 is 0 Å². The Bertz CT molecular complexity index is 269. The highest BCUT2D eigenvalue weighted by Gasteiger charge is 2.14. The second-order valence-electron chi connectivity index (χ2n) is 2.91. The Morgan fingerprint density at radius 1 is 1.82 bits per heavy atom. The first kappa shape index (κ1) is 7.16. The summed E-state index contributed by atoms with van der Waals surface area (Å²) in [7, 11) is 0. The minimum Gasteiger partial charge on any atom is -0.368 e. The van der Waals surface area contributed by atoms with Gasteiger partial charge in [0, 0.05) is 18.7 Å². The van der Waals surface area contributed by atoms with Crippen LogP contribution in [0.2, 0.25) is 0 Å². The highest BCUT2D eigenvalue weighted by Crippen LogP contribution is 2.21. The molecule has 1 aliphatic rings. The average molecular weight is 216 g/mol. The predicted octanol–water partition coefficient (Wildman–Crippen LogP) is 1.85. The van der Waals surface area contributed by atoms with E-state index in [9.17, 15) is 0 Å². The van der Waals surface area contributed by atoms with Gasteiger partial charge in [0.25, 0.3) is 0 Å². The number of aryl methyl sites for hydroxylation is 1. The topological polar surface area (TPSA) is 29.9 Å². The lowest BCUT2D eigenvalue weighted by Gasteiger charge is -2.21. The predicted molar refractivity (Wildman–Crippen MR) is 47.6 cm³/mol. The number of anilines is 1. The maximum absolute atomic E-state index is 4.26. The van der Waals surface area contributed by atoms with Crippen LogP contribution in [0, 0.1) is 0 Å². The summed E-state index contributed by atoms with van der Waals surface area (Å²) in [6.45, 7) is 3.21. The Morgan fingerprint density at radius 3 is 3.45 bits per heavy atom. The van der Waals surface area contributed by atoms with Crippen molar-refractivity contribution in [1.82, 2.24) is 9.78 Å². The van der Waals surface area contributed by atoms with E-state index in [0.29, 0.717) is 6.04 Å². The summed E-state index contributed by atoms with van der Waals surface area (Å²) in [5, 5.41) is 7.61. The van der Waals surface area contributed by atoms with E-state index in [-0.39, 0.29) is 0 Å². The summed E-state index contributed by atoms with van der Waals surface area (Å²) in [6.07, 6.45) is 1.15. The molecule has 0 amide bonds. The van der Waals surface area contributed by atoms with Crippen molar-refractivity contribution in [3.05, 3.63) is 10.7 Å². The normalized spacial score (nSPS) is 22.5. The summed E-state index contributed by atoms with van der Waals surface area (Å²) in [6, 6.07) is 2.58. The second-order valence-corrected chi connectivity index (χ2v) is 3.72. The fourth-order valence-corrected chi connectivity index (χ4v) is 1.72. The SMILES string of the molecule is CC1CCn2nc(Br)cc2N1. The third kappa shape index (κ3) is 1.27. The molecule has 1 aromatic heterocycles. The zero-order valence-electron chi connectivity index (χ0n) is 6.34. The molecule has 0 fully saturated rings. The molecule has 1 unspecified atom stereocenters. The maximum atomic E-state index is 4.26. The molecular formula is C7H10BrN3. The zero-order valence-corrected chi connectivity index (χ0v) is 7.93. The van der Waals surface area contributed by atoms with Crippen LogP contribution >= 0.6 is 15.9 Å². The van der Waals surface area contributed by atoms with Crippen LogP contribution in [-0.4, -0.2) is 15.8 Å². The average Bonchev–Trinajstić information content (AvgIpc) is 2.27. The molecule has 4 heteroatoms. The van der Waals surface area contributed by atoms with Gasteiger partial charge in [-0.05, 0) is 29.3 Å². The van der Waals surface area contributed by atoms with Crippen molar-refractivity contribution in [3.8, 4) is 0 Å². The zero-order chi connectivity index (χ0) is 7.84. The van der Waals surface area contributed by atoms with Gasteiger partial charge in [-0.15, -0.1) is 0 Å². The summed E-state index contributed by atoms with van der Waals surface area (Å²) in [4.78, 5) is 0. The first-order chi connectivity index (χ1) is 5.25. The van der Waals surface area contributed by atoms with Gasteiger partial charge in [-0.2, -0.15) is 5.10 Å². The Balaban J connectivity index is 2.34.